The lowest BCUT2D eigenvalue weighted by Gasteiger charge is -2.08. The van der Waals surface area contributed by atoms with Crippen LogP contribution < -0.4 is 10.1 Å². The quantitative estimate of drug-likeness (QED) is 0.622. The first-order chi connectivity index (χ1) is 13.1. The van der Waals surface area contributed by atoms with Gasteiger partial charge in [-0.3, -0.25) is 4.79 Å². The number of amides is 1. The Balaban J connectivity index is 1.76. The van der Waals surface area contributed by atoms with Gasteiger partial charge in [-0.2, -0.15) is 0 Å². The summed E-state index contributed by atoms with van der Waals surface area (Å²) in [6.07, 6.45) is 0.915. The molecular weight excluding hydrogens is 362 g/mol. The average molecular weight is 381 g/mol. The summed E-state index contributed by atoms with van der Waals surface area (Å²) < 4.78 is 5.40. The largest absolute Gasteiger partial charge is 0.484 e. The first-order valence-electron chi connectivity index (χ1n) is 8.50. The van der Waals surface area contributed by atoms with Crippen LogP contribution in [0.4, 0.5) is 5.00 Å². The topological polar surface area (TPSA) is 75.6 Å². The molecule has 1 amide bonds. The fourth-order valence-corrected chi connectivity index (χ4v) is 3.60. The summed E-state index contributed by atoms with van der Waals surface area (Å²) in [5.74, 6) is -0.907. The van der Waals surface area contributed by atoms with Crippen molar-refractivity contribution >= 4 is 28.2 Å². The van der Waals surface area contributed by atoms with Crippen molar-refractivity contribution in [1.82, 2.24) is 0 Å². The Hall–Kier alpha value is -3.12. The van der Waals surface area contributed by atoms with Gasteiger partial charge >= 0.3 is 5.97 Å². The van der Waals surface area contributed by atoms with E-state index in [9.17, 15) is 14.7 Å². The summed E-state index contributed by atoms with van der Waals surface area (Å²) in [7, 11) is 0. The molecule has 0 saturated heterocycles. The van der Waals surface area contributed by atoms with Gasteiger partial charge in [0, 0.05) is 10.9 Å². The molecule has 0 saturated carbocycles. The number of carbonyl (C=O) groups excluding carboxylic acids is 1. The number of aromatic carboxylic acids is 1. The fourth-order valence-electron chi connectivity index (χ4n) is 2.62. The Bertz CT molecular complexity index is 933. The van der Waals surface area contributed by atoms with Crippen LogP contribution in [0.5, 0.6) is 5.75 Å². The smallest absolute Gasteiger partial charge is 0.339 e. The number of ether oxygens (including phenoxy) is 1. The molecule has 1 heterocycles. The number of carboxylic acid groups (broad SMARTS) is 1. The molecule has 0 spiro atoms. The normalized spacial score (nSPS) is 10.4. The lowest BCUT2D eigenvalue weighted by atomic mass is 10.0. The van der Waals surface area contributed by atoms with Gasteiger partial charge in [-0.25, -0.2) is 4.79 Å². The van der Waals surface area contributed by atoms with Crippen LogP contribution in [-0.4, -0.2) is 23.6 Å². The number of thiophene rings is 1. The number of benzene rings is 2. The van der Waals surface area contributed by atoms with Crippen molar-refractivity contribution in [2.24, 2.45) is 0 Å². The van der Waals surface area contributed by atoms with Gasteiger partial charge in [-0.15, -0.1) is 11.3 Å². The van der Waals surface area contributed by atoms with Gasteiger partial charge < -0.3 is 15.2 Å². The summed E-state index contributed by atoms with van der Waals surface area (Å²) in [5.41, 5.74) is 2.67. The van der Waals surface area contributed by atoms with Crippen molar-refractivity contribution < 1.29 is 19.4 Å². The zero-order chi connectivity index (χ0) is 19.2. The van der Waals surface area contributed by atoms with Crippen LogP contribution in [0.1, 0.15) is 22.8 Å². The lowest BCUT2D eigenvalue weighted by molar-refractivity contribution is -0.118. The van der Waals surface area contributed by atoms with E-state index in [0.29, 0.717) is 16.3 Å². The van der Waals surface area contributed by atoms with Crippen LogP contribution in [0.25, 0.3) is 11.1 Å². The van der Waals surface area contributed by atoms with E-state index in [0.717, 1.165) is 12.0 Å². The van der Waals surface area contributed by atoms with E-state index in [1.54, 1.807) is 17.5 Å². The highest BCUT2D eigenvalue weighted by Gasteiger charge is 2.21. The molecule has 6 heteroatoms. The minimum atomic E-state index is -1.08. The molecule has 0 aliphatic heterocycles. The number of hydrogen-bond acceptors (Lipinski definition) is 4. The summed E-state index contributed by atoms with van der Waals surface area (Å²) >= 11 is 1.19. The van der Waals surface area contributed by atoms with Gasteiger partial charge in [-0.1, -0.05) is 49.4 Å². The number of anilines is 1. The Morgan fingerprint density at radius 3 is 2.41 bits per heavy atom. The maximum atomic E-state index is 12.2. The third kappa shape index (κ3) is 4.54. The second-order valence-corrected chi connectivity index (χ2v) is 6.74. The SMILES string of the molecule is CCc1ccc(-c2csc(NC(=O)COc3ccccc3)c2C(=O)O)cc1. The highest BCUT2D eigenvalue weighted by Crippen LogP contribution is 2.35. The standard InChI is InChI=1S/C21H19NO4S/c1-2-14-8-10-15(11-9-14)17-13-27-20(19(17)21(24)25)22-18(23)12-26-16-6-4-3-5-7-16/h3-11,13H,2,12H2,1H3,(H,22,23)(H,24,25). The van der Waals surface area contributed by atoms with Gasteiger partial charge in [0.25, 0.3) is 5.91 Å². The fraction of sp³-hybridized carbons (Fsp3) is 0.143. The molecule has 3 rings (SSSR count). The molecule has 3 aromatic rings. The second kappa shape index (κ2) is 8.51. The van der Waals surface area contributed by atoms with Crippen molar-refractivity contribution in [3.63, 3.8) is 0 Å². The number of aryl methyl sites for hydroxylation is 1. The molecule has 1 aromatic heterocycles. The molecule has 138 valence electrons. The zero-order valence-corrected chi connectivity index (χ0v) is 15.6. The molecule has 5 nitrogen and oxygen atoms in total. The van der Waals surface area contributed by atoms with Crippen LogP contribution in [0, 0.1) is 0 Å². The molecule has 0 aliphatic carbocycles. The van der Waals surface area contributed by atoms with E-state index >= 15 is 0 Å². The molecule has 2 aromatic carbocycles. The van der Waals surface area contributed by atoms with E-state index < -0.39 is 11.9 Å². The van der Waals surface area contributed by atoms with Crippen LogP contribution in [0.2, 0.25) is 0 Å². The zero-order valence-electron chi connectivity index (χ0n) is 14.8. The lowest BCUT2D eigenvalue weighted by Crippen LogP contribution is -2.20. The molecular formula is C21H19NO4S. The number of carbonyl (C=O) groups is 2. The van der Waals surface area contributed by atoms with Crippen LogP contribution in [-0.2, 0) is 11.2 Å². The number of hydrogen-bond donors (Lipinski definition) is 2. The van der Waals surface area contributed by atoms with Crippen molar-refractivity contribution in [2.45, 2.75) is 13.3 Å². The minimum Gasteiger partial charge on any atom is -0.484 e. The van der Waals surface area contributed by atoms with Gasteiger partial charge in [0.15, 0.2) is 6.61 Å². The predicted molar refractivity (Wildman–Crippen MR) is 107 cm³/mol. The number of para-hydroxylation sites is 1. The molecule has 0 fully saturated rings. The third-order valence-corrected chi connectivity index (χ3v) is 4.94. The van der Waals surface area contributed by atoms with Crippen molar-refractivity contribution in [3.8, 4) is 16.9 Å². The van der Waals surface area contributed by atoms with Crippen molar-refractivity contribution in [2.75, 3.05) is 11.9 Å². The molecule has 0 atom stereocenters. The molecule has 0 aliphatic rings. The van der Waals surface area contributed by atoms with Gasteiger partial charge in [-0.05, 0) is 29.7 Å². The first-order valence-corrected chi connectivity index (χ1v) is 9.38. The molecule has 0 unspecified atom stereocenters. The molecule has 2 N–H and O–H groups in total. The van der Waals surface area contributed by atoms with Gasteiger partial charge in [0.2, 0.25) is 0 Å². The van der Waals surface area contributed by atoms with Crippen molar-refractivity contribution in [1.29, 1.82) is 0 Å². The summed E-state index contributed by atoms with van der Waals surface area (Å²) in [5, 5.41) is 14.3. The van der Waals surface area contributed by atoms with Crippen molar-refractivity contribution in [3.05, 3.63) is 71.1 Å². The monoisotopic (exact) mass is 381 g/mol. The van der Waals surface area contributed by atoms with Crippen LogP contribution in [0.15, 0.2) is 60.0 Å². The number of carboxylic acids is 1. The number of rotatable bonds is 7. The van der Waals surface area contributed by atoms with E-state index in [4.69, 9.17) is 4.74 Å². The Labute approximate surface area is 161 Å². The molecule has 0 bridgehead atoms. The summed E-state index contributed by atoms with van der Waals surface area (Å²) in [4.78, 5) is 24.0. The van der Waals surface area contributed by atoms with E-state index in [-0.39, 0.29) is 12.2 Å². The van der Waals surface area contributed by atoms with Crippen LogP contribution >= 0.6 is 11.3 Å². The highest BCUT2D eigenvalue weighted by molar-refractivity contribution is 7.15. The summed E-state index contributed by atoms with van der Waals surface area (Å²) in [6, 6.07) is 16.7. The Morgan fingerprint density at radius 1 is 1.07 bits per heavy atom. The second-order valence-electron chi connectivity index (χ2n) is 5.86. The predicted octanol–water partition coefficient (Wildman–Crippen LogP) is 4.69. The number of nitrogens with one attached hydrogen (secondary N) is 1. The maximum Gasteiger partial charge on any atom is 0.339 e. The van der Waals surface area contributed by atoms with Crippen LogP contribution in [0.3, 0.4) is 0 Å². The third-order valence-electron chi connectivity index (χ3n) is 4.04. The Kier molecular flexibility index (Phi) is 5.88. The highest BCUT2D eigenvalue weighted by atomic mass is 32.1. The van der Waals surface area contributed by atoms with Gasteiger partial charge in [0.1, 0.15) is 16.3 Å². The summed E-state index contributed by atoms with van der Waals surface area (Å²) in [6.45, 7) is 1.87. The first kappa shape index (κ1) is 18.7. The average Bonchev–Trinajstić information content (AvgIpc) is 3.11. The molecule has 0 radical (unpaired) electrons. The van der Waals surface area contributed by atoms with E-state index in [1.807, 2.05) is 42.5 Å². The Morgan fingerprint density at radius 2 is 1.78 bits per heavy atom. The molecule has 27 heavy (non-hydrogen) atoms. The van der Waals surface area contributed by atoms with E-state index in [2.05, 4.69) is 12.2 Å². The maximum absolute atomic E-state index is 12.2. The van der Waals surface area contributed by atoms with Gasteiger partial charge in [0.05, 0.1) is 0 Å². The van der Waals surface area contributed by atoms with E-state index in [1.165, 1.54) is 16.9 Å². The minimum absolute atomic E-state index is 0.0947.